The minimum absolute atomic E-state index is 0.576. The maximum absolute atomic E-state index is 4.93. The molecular weight excluding hydrogens is 414 g/mol. The second-order valence-electron chi connectivity index (χ2n) is 7.12. The summed E-state index contributed by atoms with van der Waals surface area (Å²) in [5, 5.41) is 0. The van der Waals surface area contributed by atoms with Crippen molar-refractivity contribution in [1.29, 1.82) is 0 Å². The van der Waals surface area contributed by atoms with Gasteiger partial charge in [-0.05, 0) is 70.2 Å². The van der Waals surface area contributed by atoms with E-state index in [4.69, 9.17) is 17.0 Å². The second-order valence-corrected chi connectivity index (χ2v) is 10.9. The van der Waals surface area contributed by atoms with E-state index < -0.39 is 20.8 Å². The van der Waals surface area contributed by atoms with Gasteiger partial charge in [0.25, 0.3) is 0 Å². The summed E-state index contributed by atoms with van der Waals surface area (Å²) in [5.74, 6) is 1.15. The fraction of sp³-hybridized carbons (Fsp3) is 0.381. The molecule has 0 saturated heterocycles. The summed E-state index contributed by atoms with van der Waals surface area (Å²) in [6, 6.07) is 9.51. The first-order chi connectivity index (χ1) is 11.3. The van der Waals surface area contributed by atoms with Crippen molar-refractivity contribution in [3.63, 3.8) is 0 Å². The van der Waals surface area contributed by atoms with Crippen LogP contribution in [-0.2, 0) is 20.8 Å². The molecule has 0 aromatic heterocycles. The van der Waals surface area contributed by atoms with Crippen molar-refractivity contribution >= 4 is 17.0 Å². The molecule has 0 amide bonds. The van der Waals surface area contributed by atoms with E-state index >= 15 is 0 Å². The van der Waals surface area contributed by atoms with Crippen LogP contribution in [0.1, 0.15) is 72.9 Å². The molecule has 127 valence electrons. The van der Waals surface area contributed by atoms with Crippen LogP contribution < -0.4 is 0 Å². The molecule has 2 aromatic rings. The molecule has 0 unspecified atom stereocenters. The fourth-order valence-electron chi connectivity index (χ4n) is 3.29. The Kier molecular flexibility index (Phi) is 7.18. The third kappa shape index (κ3) is 4.17. The number of benzene rings is 2. The molecule has 1 aliphatic carbocycles. The van der Waals surface area contributed by atoms with Crippen molar-refractivity contribution in [2.75, 3.05) is 0 Å². The molecule has 3 heteroatoms. The van der Waals surface area contributed by atoms with Crippen molar-refractivity contribution in [3.05, 3.63) is 64.1 Å². The molecule has 0 fully saturated rings. The van der Waals surface area contributed by atoms with E-state index in [-0.39, 0.29) is 0 Å². The molecule has 1 aliphatic rings. The molecule has 0 spiro atoms. The molecule has 0 nitrogen and oxygen atoms in total. The molecular formula is C21H25Cl2Zr. The number of hydrogen-bond acceptors (Lipinski definition) is 0. The second kappa shape index (κ2) is 8.52. The molecule has 0 heterocycles. The quantitative estimate of drug-likeness (QED) is 0.388. The third-order valence-electron chi connectivity index (χ3n) is 4.73. The predicted molar refractivity (Wildman–Crippen MR) is 104 cm³/mol. The van der Waals surface area contributed by atoms with Gasteiger partial charge in [-0.3, -0.25) is 0 Å². The van der Waals surface area contributed by atoms with Crippen LogP contribution in [0.2, 0.25) is 0 Å². The normalized spacial score (nSPS) is 11.9. The molecule has 24 heavy (non-hydrogen) atoms. The van der Waals surface area contributed by atoms with Gasteiger partial charge < -0.3 is 0 Å². The Bertz CT molecular complexity index is 672. The molecule has 3 rings (SSSR count). The van der Waals surface area contributed by atoms with Gasteiger partial charge in [-0.1, -0.05) is 52.0 Å². The molecule has 0 saturated carbocycles. The Morgan fingerprint density at radius 2 is 1.04 bits per heavy atom. The summed E-state index contributed by atoms with van der Waals surface area (Å²) < 4.78 is 0. The molecule has 0 aliphatic heterocycles. The summed E-state index contributed by atoms with van der Waals surface area (Å²) in [5.41, 5.74) is 11.4. The summed E-state index contributed by atoms with van der Waals surface area (Å²) in [7, 11) is 9.87. The maximum atomic E-state index is 4.93. The molecule has 0 bridgehead atoms. The third-order valence-corrected chi connectivity index (χ3v) is 4.73. The van der Waals surface area contributed by atoms with Crippen molar-refractivity contribution in [2.45, 2.75) is 53.4 Å². The van der Waals surface area contributed by atoms with Crippen molar-refractivity contribution in [3.8, 4) is 11.1 Å². The number of aryl methyl sites for hydroxylation is 2. The first kappa shape index (κ1) is 20.2. The van der Waals surface area contributed by atoms with Gasteiger partial charge in [0.15, 0.2) is 0 Å². The van der Waals surface area contributed by atoms with Gasteiger partial charge in [0.2, 0.25) is 0 Å². The molecule has 2 aromatic carbocycles. The van der Waals surface area contributed by atoms with Crippen molar-refractivity contribution < 1.29 is 20.8 Å². The van der Waals surface area contributed by atoms with Crippen LogP contribution in [0.15, 0.2) is 24.3 Å². The Labute approximate surface area is 165 Å². The van der Waals surface area contributed by atoms with Crippen molar-refractivity contribution in [1.82, 2.24) is 0 Å². The van der Waals surface area contributed by atoms with Crippen LogP contribution in [0.5, 0.6) is 0 Å². The van der Waals surface area contributed by atoms with Crippen LogP contribution in [0.3, 0.4) is 0 Å². The van der Waals surface area contributed by atoms with Crippen LogP contribution >= 0.6 is 17.0 Å². The summed E-state index contributed by atoms with van der Waals surface area (Å²) in [4.78, 5) is 0. The van der Waals surface area contributed by atoms with Crippen LogP contribution in [0, 0.1) is 20.3 Å². The predicted octanol–water partition coefficient (Wildman–Crippen LogP) is 7.51. The SMILES string of the molecule is Cc1cc(C(C)C)cc2c1[CH]c1c(C)cc(C(C)C)cc1-2.[Cl][Zr][Cl]. The average Bonchev–Trinajstić information content (AvgIpc) is 2.88. The van der Waals surface area contributed by atoms with Crippen LogP contribution in [0.4, 0.5) is 0 Å². The van der Waals surface area contributed by atoms with Gasteiger partial charge in [-0.15, -0.1) is 0 Å². The Balaban J connectivity index is 0.000000647. The van der Waals surface area contributed by atoms with Gasteiger partial charge in [0, 0.05) is 6.42 Å². The zero-order chi connectivity index (χ0) is 18.0. The molecule has 0 N–H and O–H groups in total. The zero-order valence-corrected chi connectivity index (χ0v) is 19.3. The van der Waals surface area contributed by atoms with E-state index in [9.17, 15) is 0 Å². The number of hydrogen-bond donors (Lipinski definition) is 0. The van der Waals surface area contributed by atoms with E-state index in [0.717, 1.165) is 0 Å². The van der Waals surface area contributed by atoms with Crippen LogP contribution in [0.25, 0.3) is 11.1 Å². The van der Waals surface area contributed by atoms with E-state index in [1.807, 2.05) is 0 Å². The monoisotopic (exact) mass is 437 g/mol. The average molecular weight is 440 g/mol. The van der Waals surface area contributed by atoms with Crippen molar-refractivity contribution in [2.24, 2.45) is 0 Å². The van der Waals surface area contributed by atoms with Gasteiger partial charge in [0.1, 0.15) is 0 Å². The Morgan fingerprint density at radius 3 is 1.33 bits per heavy atom. The number of halogens is 2. The van der Waals surface area contributed by atoms with Gasteiger partial charge >= 0.3 is 37.9 Å². The van der Waals surface area contributed by atoms with E-state index in [2.05, 4.69) is 72.2 Å². The fourth-order valence-corrected chi connectivity index (χ4v) is 3.29. The standard InChI is InChI=1S/C21H25.2ClH.Zr/c1-12(2)16-7-14(5)18-11-19-15(6)8-17(13(3)4)10-21(19)20(18)9-16;;;/h7-13H,1-6H3;2*1H;/q;;;+2/p-2. The van der Waals surface area contributed by atoms with Crippen LogP contribution in [-0.4, -0.2) is 0 Å². The summed E-state index contributed by atoms with van der Waals surface area (Å²) >= 11 is -0.826. The summed E-state index contributed by atoms with van der Waals surface area (Å²) in [6.45, 7) is 13.6. The van der Waals surface area contributed by atoms with Gasteiger partial charge in [-0.2, -0.15) is 0 Å². The Morgan fingerprint density at radius 1 is 0.708 bits per heavy atom. The van der Waals surface area contributed by atoms with Gasteiger partial charge in [0.05, 0.1) is 0 Å². The topological polar surface area (TPSA) is 0 Å². The molecule has 0 atom stereocenters. The van der Waals surface area contributed by atoms with E-state index in [1.54, 1.807) is 0 Å². The first-order valence-electron chi connectivity index (χ1n) is 8.40. The molecule has 1 radical (unpaired) electrons. The van der Waals surface area contributed by atoms with E-state index in [1.165, 1.54) is 44.5 Å². The first-order valence-corrected chi connectivity index (χ1v) is 14.7. The summed E-state index contributed by atoms with van der Waals surface area (Å²) in [6.07, 6.45) is 2.38. The minimum atomic E-state index is -0.826. The number of rotatable bonds is 2. The van der Waals surface area contributed by atoms with E-state index in [0.29, 0.717) is 11.8 Å². The zero-order valence-electron chi connectivity index (χ0n) is 15.3. The number of fused-ring (bicyclic) bond motifs is 3. The Hall–Kier alpha value is -0.0969. The van der Waals surface area contributed by atoms with Gasteiger partial charge in [-0.25, -0.2) is 0 Å².